The van der Waals surface area contributed by atoms with Crippen LogP contribution in [0.1, 0.15) is 0 Å². The van der Waals surface area contributed by atoms with Gasteiger partial charge in [-0.1, -0.05) is 22.0 Å². The van der Waals surface area contributed by atoms with Crippen LogP contribution in [0.3, 0.4) is 0 Å². The number of hydrogen-bond acceptors (Lipinski definition) is 3. The SMILES string of the molecule is CN1CCN(c2ccc(NC(=O)Nc3cccc(Br)c3)cc2)CC1. The van der Waals surface area contributed by atoms with Gasteiger partial charge in [0.2, 0.25) is 0 Å². The Hall–Kier alpha value is -2.05. The summed E-state index contributed by atoms with van der Waals surface area (Å²) in [5.41, 5.74) is 2.72. The Kier molecular flexibility index (Phi) is 5.37. The van der Waals surface area contributed by atoms with Crippen molar-refractivity contribution < 1.29 is 4.79 Å². The molecule has 1 saturated heterocycles. The predicted octanol–water partition coefficient (Wildman–Crippen LogP) is 3.84. The second-order valence-corrected chi connectivity index (χ2v) is 6.84. The molecule has 0 bridgehead atoms. The van der Waals surface area contributed by atoms with E-state index >= 15 is 0 Å². The van der Waals surface area contributed by atoms with E-state index in [2.05, 4.69) is 55.5 Å². The molecule has 1 fully saturated rings. The van der Waals surface area contributed by atoms with Crippen molar-refractivity contribution in [2.45, 2.75) is 0 Å². The highest BCUT2D eigenvalue weighted by atomic mass is 79.9. The molecule has 2 aromatic carbocycles. The van der Waals surface area contributed by atoms with Gasteiger partial charge < -0.3 is 20.4 Å². The van der Waals surface area contributed by atoms with Crippen molar-refractivity contribution in [3.63, 3.8) is 0 Å². The number of piperazine rings is 1. The smallest absolute Gasteiger partial charge is 0.323 e. The Balaban J connectivity index is 1.56. The minimum Gasteiger partial charge on any atom is -0.369 e. The van der Waals surface area contributed by atoms with Crippen molar-refractivity contribution in [3.8, 4) is 0 Å². The van der Waals surface area contributed by atoms with Crippen molar-refractivity contribution in [2.24, 2.45) is 0 Å². The van der Waals surface area contributed by atoms with Crippen LogP contribution in [0, 0.1) is 0 Å². The summed E-state index contributed by atoms with van der Waals surface area (Å²) < 4.78 is 0.928. The molecule has 0 unspecified atom stereocenters. The van der Waals surface area contributed by atoms with Crippen molar-refractivity contribution in [2.75, 3.05) is 48.8 Å². The molecule has 0 radical (unpaired) electrons. The van der Waals surface area contributed by atoms with Crippen LogP contribution in [0.15, 0.2) is 53.0 Å². The fourth-order valence-corrected chi connectivity index (χ4v) is 3.08. The maximum Gasteiger partial charge on any atom is 0.323 e. The van der Waals surface area contributed by atoms with Crippen molar-refractivity contribution in [1.29, 1.82) is 0 Å². The van der Waals surface area contributed by atoms with Gasteiger partial charge in [0.25, 0.3) is 0 Å². The molecule has 2 aromatic rings. The van der Waals surface area contributed by atoms with Crippen LogP contribution in [0.2, 0.25) is 0 Å². The summed E-state index contributed by atoms with van der Waals surface area (Å²) in [5.74, 6) is 0. The van der Waals surface area contributed by atoms with Gasteiger partial charge in [0.15, 0.2) is 0 Å². The molecule has 6 heteroatoms. The summed E-state index contributed by atoms with van der Waals surface area (Å²) in [4.78, 5) is 16.8. The highest BCUT2D eigenvalue weighted by molar-refractivity contribution is 9.10. The minimum atomic E-state index is -0.250. The lowest BCUT2D eigenvalue weighted by molar-refractivity contribution is 0.262. The number of likely N-dealkylation sites (N-methyl/N-ethyl adjacent to an activating group) is 1. The van der Waals surface area contributed by atoms with Gasteiger partial charge in [-0.3, -0.25) is 0 Å². The second kappa shape index (κ2) is 7.68. The van der Waals surface area contributed by atoms with Crippen LogP contribution in [-0.4, -0.2) is 44.2 Å². The lowest BCUT2D eigenvalue weighted by Crippen LogP contribution is -2.44. The lowest BCUT2D eigenvalue weighted by Gasteiger charge is -2.34. The number of anilines is 3. The Morgan fingerprint density at radius 3 is 2.29 bits per heavy atom. The van der Waals surface area contributed by atoms with Crippen LogP contribution in [0.25, 0.3) is 0 Å². The van der Waals surface area contributed by atoms with Crippen LogP contribution in [0.5, 0.6) is 0 Å². The summed E-state index contributed by atoms with van der Waals surface area (Å²) in [6, 6.07) is 15.2. The van der Waals surface area contributed by atoms with E-state index in [0.717, 1.165) is 42.0 Å². The number of halogens is 1. The van der Waals surface area contributed by atoms with Crippen molar-refractivity contribution >= 4 is 39.0 Å². The van der Waals surface area contributed by atoms with Gasteiger partial charge in [0.1, 0.15) is 0 Å². The largest absolute Gasteiger partial charge is 0.369 e. The zero-order valence-electron chi connectivity index (χ0n) is 13.6. The maximum absolute atomic E-state index is 12.1. The Morgan fingerprint density at radius 2 is 1.62 bits per heavy atom. The number of nitrogens with zero attached hydrogens (tertiary/aromatic N) is 2. The first-order chi connectivity index (χ1) is 11.6. The standard InChI is InChI=1S/C18H21BrN4O/c1-22-9-11-23(12-10-22)17-7-5-15(6-8-17)20-18(24)21-16-4-2-3-14(19)13-16/h2-8,13H,9-12H2,1H3,(H2,20,21,24). The van der Waals surface area contributed by atoms with Crippen LogP contribution < -0.4 is 15.5 Å². The monoisotopic (exact) mass is 388 g/mol. The van der Waals surface area contributed by atoms with Crippen molar-refractivity contribution in [3.05, 3.63) is 53.0 Å². The fourth-order valence-electron chi connectivity index (χ4n) is 2.68. The quantitative estimate of drug-likeness (QED) is 0.839. The normalized spacial score (nSPS) is 15.2. The van der Waals surface area contributed by atoms with E-state index in [0.29, 0.717) is 0 Å². The molecule has 0 spiro atoms. The summed E-state index contributed by atoms with van der Waals surface area (Å²) in [6.45, 7) is 4.23. The van der Waals surface area contributed by atoms with Gasteiger partial charge in [-0.25, -0.2) is 4.79 Å². The van der Waals surface area contributed by atoms with Gasteiger partial charge in [0, 0.05) is 47.7 Å². The van der Waals surface area contributed by atoms with Gasteiger partial charge in [0.05, 0.1) is 0 Å². The third kappa shape index (κ3) is 4.49. The Morgan fingerprint density at radius 1 is 0.958 bits per heavy atom. The molecule has 0 aliphatic carbocycles. The maximum atomic E-state index is 12.1. The summed E-state index contributed by atoms with van der Waals surface area (Å²) in [6.07, 6.45) is 0. The average Bonchev–Trinajstić information content (AvgIpc) is 2.56. The van der Waals surface area contributed by atoms with Gasteiger partial charge in [-0.2, -0.15) is 0 Å². The molecule has 2 N–H and O–H groups in total. The van der Waals surface area contributed by atoms with E-state index in [1.165, 1.54) is 5.69 Å². The number of nitrogens with one attached hydrogen (secondary N) is 2. The van der Waals surface area contributed by atoms with E-state index in [1.54, 1.807) is 0 Å². The zero-order valence-corrected chi connectivity index (χ0v) is 15.2. The number of carbonyl (C=O) groups is 1. The van der Waals surface area contributed by atoms with Crippen LogP contribution in [-0.2, 0) is 0 Å². The number of benzene rings is 2. The number of hydrogen-bond donors (Lipinski definition) is 2. The van der Waals surface area contributed by atoms with Gasteiger partial charge >= 0.3 is 6.03 Å². The zero-order chi connectivity index (χ0) is 16.9. The first-order valence-electron chi connectivity index (χ1n) is 7.97. The van der Waals surface area contributed by atoms with Gasteiger partial charge in [-0.15, -0.1) is 0 Å². The minimum absolute atomic E-state index is 0.250. The molecule has 1 aliphatic heterocycles. The second-order valence-electron chi connectivity index (χ2n) is 5.93. The van der Waals surface area contributed by atoms with E-state index in [1.807, 2.05) is 36.4 Å². The van der Waals surface area contributed by atoms with E-state index in [-0.39, 0.29) is 6.03 Å². The molecule has 3 rings (SSSR count). The first kappa shape index (κ1) is 16.8. The molecular weight excluding hydrogens is 368 g/mol. The van der Waals surface area contributed by atoms with Crippen LogP contribution >= 0.6 is 15.9 Å². The first-order valence-corrected chi connectivity index (χ1v) is 8.76. The summed E-state index contributed by atoms with van der Waals surface area (Å²) >= 11 is 3.39. The topological polar surface area (TPSA) is 47.6 Å². The fraction of sp³-hybridized carbons (Fsp3) is 0.278. The molecule has 1 heterocycles. The molecule has 0 atom stereocenters. The molecule has 0 aromatic heterocycles. The molecule has 5 nitrogen and oxygen atoms in total. The number of carbonyl (C=O) groups excluding carboxylic acids is 1. The molecular formula is C18H21BrN4O. The molecule has 0 saturated carbocycles. The predicted molar refractivity (Wildman–Crippen MR) is 103 cm³/mol. The van der Waals surface area contributed by atoms with Crippen molar-refractivity contribution in [1.82, 2.24) is 4.90 Å². The Labute approximate surface area is 150 Å². The molecule has 24 heavy (non-hydrogen) atoms. The molecule has 126 valence electrons. The van der Waals surface area contributed by atoms with E-state index < -0.39 is 0 Å². The third-order valence-electron chi connectivity index (χ3n) is 4.08. The third-order valence-corrected chi connectivity index (χ3v) is 4.57. The van der Waals surface area contributed by atoms with E-state index in [9.17, 15) is 4.79 Å². The number of urea groups is 1. The lowest BCUT2D eigenvalue weighted by atomic mass is 10.2. The highest BCUT2D eigenvalue weighted by Crippen LogP contribution is 2.20. The van der Waals surface area contributed by atoms with Gasteiger partial charge in [-0.05, 0) is 49.5 Å². The Bertz CT molecular complexity index is 696. The van der Waals surface area contributed by atoms with Crippen LogP contribution in [0.4, 0.5) is 21.9 Å². The van der Waals surface area contributed by atoms with E-state index in [4.69, 9.17) is 0 Å². The average molecular weight is 389 g/mol. The number of rotatable bonds is 3. The highest BCUT2D eigenvalue weighted by Gasteiger charge is 2.14. The molecule has 1 aliphatic rings. The number of amides is 2. The molecule has 2 amide bonds. The summed E-state index contributed by atoms with van der Waals surface area (Å²) in [7, 11) is 2.15. The summed E-state index contributed by atoms with van der Waals surface area (Å²) in [5, 5.41) is 5.67.